The molecule has 0 unspecified atom stereocenters. The van der Waals surface area contributed by atoms with Crippen LogP contribution < -0.4 is 0 Å². The lowest BCUT2D eigenvalue weighted by molar-refractivity contribution is 0.0497. The zero-order valence-corrected chi connectivity index (χ0v) is 21.3. The monoisotopic (exact) mass is 474 g/mol. The Kier molecular flexibility index (Phi) is 11.0. The number of ether oxygens (including phenoxy) is 1. The number of halogens is 1. The number of hydrogen-bond acceptors (Lipinski definition) is 2. The Bertz CT molecular complexity index is 1060. The van der Waals surface area contributed by atoms with Gasteiger partial charge in [-0.15, -0.1) is 0 Å². The number of rotatable bonds is 14. The highest BCUT2D eigenvalue weighted by Gasteiger charge is 2.16. The Balaban J connectivity index is 1.81. The number of carbonyl (C=O) groups excluding carboxylic acids is 1. The SMILES string of the molecule is CCCCCCCCOC(=O)c1ccc(-c2ccccc2)c(-c2ccc(CCCCC)cc2F)c1. The molecule has 0 aromatic heterocycles. The van der Waals surface area contributed by atoms with Gasteiger partial charge in [-0.25, -0.2) is 9.18 Å². The highest BCUT2D eigenvalue weighted by molar-refractivity contribution is 5.94. The van der Waals surface area contributed by atoms with Crippen LogP contribution in [0.1, 0.15) is 87.6 Å². The average Bonchev–Trinajstić information content (AvgIpc) is 2.88. The van der Waals surface area contributed by atoms with Gasteiger partial charge in [0.1, 0.15) is 5.82 Å². The lowest BCUT2D eigenvalue weighted by atomic mass is 9.91. The first-order chi connectivity index (χ1) is 17.1. The molecule has 0 radical (unpaired) electrons. The van der Waals surface area contributed by atoms with Crippen LogP contribution in [-0.2, 0) is 11.2 Å². The summed E-state index contributed by atoms with van der Waals surface area (Å²) in [5.74, 6) is -0.607. The largest absolute Gasteiger partial charge is 0.462 e. The van der Waals surface area contributed by atoms with E-state index in [-0.39, 0.29) is 11.8 Å². The molecule has 0 amide bonds. The van der Waals surface area contributed by atoms with Gasteiger partial charge in [0.2, 0.25) is 0 Å². The van der Waals surface area contributed by atoms with E-state index >= 15 is 4.39 Å². The highest BCUT2D eigenvalue weighted by Crippen LogP contribution is 2.35. The molecule has 0 saturated heterocycles. The molecule has 186 valence electrons. The number of hydrogen-bond donors (Lipinski definition) is 0. The lowest BCUT2D eigenvalue weighted by Crippen LogP contribution is -2.07. The van der Waals surface area contributed by atoms with Crippen LogP contribution >= 0.6 is 0 Å². The molecule has 0 aliphatic heterocycles. The van der Waals surface area contributed by atoms with Crippen LogP contribution in [0.3, 0.4) is 0 Å². The second kappa shape index (κ2) is 14.5. The zero-order valence-electron chi connectivity index (χ0n) is 21.3. The highest BCUT2D eigenvalue weighted by atomic mass is 19.1. The smallest absolute Gasteiger partial charge is 0.338 e. The van der Waals surface area contributed by atoms with E-state index in [9.17, 15) is 4.79 Å². The summed E-state index contributed by atoms with van der Waals surface area (Å²) in [6, 6.07) is 20.9. The first-order valence-corrected chi connectivity index (χ1v) is 13.3. The number of aryl methyl sites for hydroxylation is 1. The van der Waals surface area contributed by atoms with Gasteiger partial charge < -0.3 is 4.74 Å². The van der Waals surface area contributed by atoms with Crippen molar-refractivity contribution < 1.29 is 13.9 Å². The molecule has 0 spiro atoms. The van der Waals surface area contributed by atoms with E-state index in [0.29, 0.717) is 23.3 Å². The van der Waals surface area contributed by atoms with Gasteiger partial charge in [0.15, 0.2) is 0 Å². The van der Waals surface area contributed by atoms with Crippen LogP contribution in [0.5, 0.6) is 0 Å². The lowest BCUT2D eigenvalue weighted by Gasteiger charge is -2.14. The third-order valence-electron chi connectivity index (χ3n) is 6.46. The topological polar surface area (TPSA) is 26.3 Å². The van der Waals surface area contributed by atoms with Gasteiger partial charge in [-0.05, 0) is 59.7 Å². The van der Waals surface area contributed by atoms with Crippen molar-refractivity contribution in [2.45, 2.75) is 78.1 Å². The fourth-order valence-corrected chi connectivity index (χ4v) is 4.41. The molecular weight excluding hydrogens is 435 g/mol. The number of unbranched alkanes of at least 4 members (excludes halogenated alkanes) is 7. The summed E-state index contributed by atoms with van der Waals surface area (Å²) in [5, 5.41) is 0. The van der Waals surface area contributed by atoms with E-state index in [0.717, 1.165) is 55.2 Å². The minimum atomic E-state index is -0.351. The van der Waals surface area contributed by atoms with Gasteiger partial charge in [0.05, 0.1) is 12.2 Å². The maximum Gasteiger partial charge on any atom is 0.338 e. The summed E-state index contributed by atoms with van der Waals surface area (Å²) in [7, 11) is 0. The van der Waals surface area contributed by atoms with Crippen molar-refractivity contribution in [3.63, 3.8) is 0 Å². The first kappa shape index (κ1) is 26.7. The van der Waals surface area contributed by atoms with E-state index in [2.05, 4.69) is 13.8 Å². The summed E-state index contributed by atoms with van der Waals surface area (Å²) >= 11 is 0. The Morgan fingerprint density at radius 1 is 0.714 bits per heavy atom. The minimum Gasteiger partial charge on any atom is -0.462 e. The van der Waals surface area contributed by atoms with Crippen LogP contribution in [0.15, 0.2) is 66.7 Å². The molecule has 0 atom stereocenters. The molecule has 0 N–H and O–H groups in total. The molecule has 35 heavy (non-hydrogen) atoms. The predicted molar refractivity (Wildman–Crippen MR) is 144 cm³/mol. The molecule has 2 nitrogen and oxygen atoms in total. The van der Waals surface area contributed by atoms with Crippen molar-refractivity contribution in [3.05, 3.63) is 83.7 Å². The van der Waals surface area contributed by atoms with Crippen molar-refractivity contribution in [2.75, 3.05) is 6.61 Å². The Morgan fingerprint density at radius 2 is 1.40 bits per heavy atom. The van der Waals surface area contributed by atoms with E-state index in [1.54, 1.807) is 18.2 Å². The van der Waals surface area contributed by atoms with Crippen LogP contribution in [0.25, 0.3) is 22.3 Å². The van der Waals surface area contributed by atoms with Gasteiger partial charge in [0, 0.05) is 5.56 Å². The van der Waals surface area contributed by atoms with Gasteiger partial charge in [-0.2, -0.15) is 0 Å². The van der Waals surface area contributed by atoms with Crippen LogP contribution in [0, 0.1) is 5.82 Å². The van der Waals surface area contributed by atoms with E-state index in [1.807, 2.05) is 48.5 Å². The standard InChI is InChI=1S/C32H39FO2/c1-3-5-7-8-9-14-22-35-32(34)27-19-21-28(26-16-12-10-13-17-26)30(24-27)29-20-18-25(23-31(29)33)15-11-6-4-2/h10,12-13,16-21,23-24H,3-9,11,14-15,22H2,1-2H3. The fraction of sp³-hybridized carbons (Fsp3) is 0.406. The van der Waals surface area contributed by atoms with Crippen LogP contribution in [-0.4, -0.2) is 12.6 Å². The molecule has 0 bridgehead atoms. The molecule has 0 aliphatic rings. The summed E-state index contributed by atoms with van der Waals surface area (Å²) in [4.78, 5) is 12.8. The van der Waals surface area contributed by atoms with E-state index < -0.39 is 0 Å². The number of esters is 1. The van der Waals surface area contributed by atoms with Crippen LogP contribution in [0.4, 0.5) is 4.39 Å². The summed E-state index contributed by atoms with van der Waals surface area (Å²) < 4.78 is 20.9. The first-order valence-electron chi connectivity index (χ1n) is 13.3. The van der Waals surface area contributed by atoms with Crippen LogP contribution in [0.2, 0.25) is 0 Å². The van der Waals surface area contributed by atoms with Crippen molar-refractivity contribution in [2.24, 2.45) is 0 Å². The van der Waals surface area contributed by atoms with E-state index in [4.69, 9.17) is 4.74 Å². The quantitative estimate of drug-likeness (QED) is 0.172. The van der Waals surface area contributed by atoms with E-state index in [1.165, 1.54) is 25.7 Å². The van der Waals surface area contributed by atoms with Gasteiger partial charge in [0.25, 0.3) is 0 Å². The third kappa shape index (κ3) is 8.06. The Labute approximate surface area is 210 Å². The number of benzene rings is 3. The van der Waals surface area contributed by atoms with Gasteiger partial charge in [-0.3, -0.25) is 0 Å². The molecule has 0 saturated carbocycles. The number of carbonyl (C=O) groups is 1. The second-order valence-corrected chi connectivity index (χ2v) is 9.30. The Morgan fingerprint density at radius 3 is 2.14 bits per heavy atom. The maximum absolute atomic E-state index is 15.3. The van der Waals surface area contributed by atoms with Crippen molar-refractivity contribution in [3.8, 4) is 22.3 Å². The molecule has 3 rings (SSSR count). The minimum absolute atomic E-state index is 0.256. The molecular formula is C32H39FO2. The molecule has 3 heteroatoms. The van der Waals surface area contributed by atoms with Gasteiger partial charge in [-0.1, -0.05) is 107 Å². The van der Waals surface area contributed by atoms with Crippen molar-refractivity contribution in [1.82, 2.24) is 0 Å². The molecule has 3 aromatic rings. The van der Waals surface area contributed by atoms with Gasteiger partial charge >= 0.3 is 5.97 Å². The second-order valence-electron chi connectivity index (χ2n) is 9.30. The zero-order chi connectivity index (χ0) is 24.9. The molecule has 3 aromatic carbocycles. The maximum atomic E-state index is 15.3. The molecule has 0 aliphatic carbocycles. The summed E-state index contributed by atoms with van der Waals surface area (Å²) in [6.07, 6.45) is 11.1. The normalized spacial score (nSPS) is 10.9. The predicted octanol–water partition coefficient (Wildman–Crippen LogP) is 9.41. The Hall–Kier alpha value is -2.94. The molecule has 0 fully saturated rings. The third-order valence-corrected chi connectivity index (χ3v) is 6.46. The average molecular weight is 475 g/mol. The summed E-state index contributed by atoms with van der Waals surface area (Å²) in [6.45, 7) is 4.79. The molecule has 0 heterocycles. The summed E-state index contributed by atoms with van der Waals surface area (Å²) in [5.41, 5.74) is 4.57. The van der Waals surface area contributed by atoms with Crippen molar-refractivity contribution in [1.29, 1.82) is 0 Å². The van der Waals surface area contributed by atoms with Crippen molar-refractivity contribution >= 4 is 5.97 Å². The fourth-order valence-electron chi connectivity index (χ4n) is 4.41.